The molecule has 0 aliphatic carbocycles. The Morgan fingerprint density at radius 1 is 1.00 bits per heavy atom. The summed E-state index contributed by atoms with van der Waals surface area (Å²) in [6.45, 7) is 0.358. The molecule has 0 bridgehead atoms. The Morgan fingerprint density at radius 3 is 2.63 bits per heavy atom. The maximum Gasteiger partial charge on any atom is 0.271 e. The molecule has 1 aliphatic rings. The van der Waals surface area contributed by atoms with Gasteiger partial charge in [0.25, 0.3) is 5.69 Å². The Labute approximate surface area is 241 Å². The Kier molecular flexibility index (Phi) is 7.13. The van der Waals surface area contributed by atoms with Gasteiger partial charge in [0, 0.05) is 54.3 Å². The van der Waals surface area contributed by atoms with Crippen LogP contribution >= 0.6 is 12.2 Å². The molecule has 9 nitrogen and oxygen atoms in total. The molecule has 2 N–H and O–H groups in total. The lowest BCUT2D eigenvalue weighted by Gasteiger charge is -2.28. The fraction of sp³-hybridized carbons (Fsp3) is 0.129. The highest BCUT2D eigenvalue weighted by molar-refractivity contribution is 7.80. The summed E-state index contributed by atoms with van der Waals surface area (Å²) in [5.74, 6) is -0.127. The number of hydrogen-bond donors (Lipinski definition) is 2. The molecule has 1 aliphatic heterocycles. The summed E-state index contributed by atoms with van der Waals surface area (Å²) in [5, 5.41) is 20.5. The van der Waals surface area contributed by atoms with E-state index in [-0.39, 0.29) is 30.1 Å². The van der Waals surface area contributed by atoms with Crippen LogP contribution in [0.3, 0.4) is 0 Å². The predicted molar refractivity (Wildman–Crippen MR) is 162 cm³/mol. The first-order valence-corrected chi connectivity index (χ1v) is 13.6. The smallest absolute Gasteiger partial charge is 0.271 e. The number of aromatic nitrogens is 2. The van der Waals surface area contributed by atoms with Gasteiger partial charge in [-0.05, 0) is 54.0 Å². The molecule has 10 heteroatoms. The van der Waals surface area contributed by atoms with Crippen LogP contribution < -0.4 is 10.6 Å². The monoisotopic (exact) mass is 562 g/mol. The highest BCUT2D eigenvalue weighted by Gasteiger charge is 2.41. The van der Waals surface area contributed by atoms with E-state index in [0.717, 1.165) is 27.8 Å². The molecule has 1 saturated heterocycles. The van der Waals surface area contributed by atoms with Crippen LogP contribution in [0, 0.1) is 10.1 Å². The number of non-ortho nitro benzene ring substituents is 1. The van der Waals surface area contributed by atoms with Gasteiger partial charge in [0.15, 0.2) is 5.11 Å². The second-order valence-electron chi connectivity index (χ2n) is 9.72. The van der Waals surface area contributed by atoms with Gasteiger partial charge in [-0.2, -0.15) is 0 Å². The van der Waals surface area contributed by atoms with E-state index in [2.05, 4.69) is 15.6 Å². The zero-order valence-corrected chi connectivity index (χ0v) is 22.7. The van der Waals surface area contributed by atoms with E-state index in [1.807, 2.05) is 94.5 Å². The lowest BCUT2D eigenvalue weighted by molar-refractivity contribution is -0.384. The van der Waals surface area contributed by atoms with Crippen LogP contribution in [0.25, 0.3) is 16.5 Å². The van der Waals surface area contributed by atoms with Crippen molar-refractivity contribution >= 4 is 45.4 Å². The van der Waals surface area contributed by atoms with E-state index < -0.39 is 4.92 Å². The average Bonchev–Trinajstić information content (AvgIpc) is 3.61. The van der Waals surface area contributed by atoms with Gasteiger partial charge in [-0.15, -0.1) is 0 Å². The SMILES string of the molecule is O=C(CCN1C(=S)NC(c2ccccn2)C1c1cccn1-c1cccc([N+](=O)[O-])c1)Nc1cccc2ccccc12. The lowest BCUT2D eigenvalue weighted by atomic mass is 10.0. The molecule has 5 aromatic rings. The molecule has 2 aromatic heterocycles. The molecule has 2 atom stereocenters. The van der Waals surface area contributed by atoms with Gasteiger partial charge in [0.05, 0.1) is 28.4 Å². The second kappa shape index (κ2) is 11.2. The molecule has 1 fully saturated rings. The van der Waals surface area contributed by atoms with Crippen LogP contribution in [0.15, 0.2) is 109 Å². The molecule has 0 spiro atoms. The summed E-state index contributed by atoms with van der Waals surface area (Å²) >= 11 is 5.79. The number of nitro benzene ring substituents is 1. The summed E-state index contributed by atoms with van der Waals surface area (Å²) in [6, 6.07) is 29.2. The molecular weight excluding hydrogens is 536 g/mol. The van der Waals surface area contributed by atoms with Crippen LogP contribution in [0.5, 0.6) is 0 Å². The van der Waals surface area contributed by atoms with E-state index in [9.17, 15) is 14.9 Å². The minimum atomic E-state index is -0.406. The zero-order valence-electron chi connectivity index (χ0n) is 21.9. The fourth-order valence-electron chi connectivity index (χ4n) is 5.36. The molecule has 204 valence electrons. The number of nitrogens with zero attached hydrogens (tertiary/aromatic N) is 4. The number of amides is 1. The van der Waals surface area contributed by atoms with Crippen molar-refractivity contribution in [2.24, 2.45) is 0 Å². The first-order valence-electron chi connectivity index (χ1n) is 13.2. The van der Waals surface area contributed by atoms with Crippen LogP contribution in [-0.2, 0) is 4.79 Å². The van der Waals surface area contributed by atoms with Gasteiger partial charge in [-0.1, -0.05) is 48.5 Å². The number of anilines is 1. The van der Waals surface area contributed by atoms with Crippen molar-refractivity contribution in [3.05, 3.63) is 131 Å². The topological polar surface area (TPSA) is 105 Å². The maximum absolute atomic E-state index is 13.2. The van der Waals surface area contributed by atoms with Crippen molar-refractivity contribution in [3.8, 4) is 5.69 Å². The fourth-order valence-corrected chi connectivity index (χ4v) is 5.70. The van der Waals surface area contributed by atoms with Gasteiger partial charge in [-0.25, -0.2) is 0 Å². The van der Waals surface area contributed by atoms with Crippen molar-refractivity contribution in [1.82, 2.24) is 19.8 Å². The predicted octanol–water partition coefficient (Wildman–Crippen LogP) is 5.94. The zero-order chi connectivity index (χ0) is 28.3. The highest BCUT2D eigenvalue weighted by Crippen LogP contribution is 2.40. The number of pyridine rings is 1. The Morgan fingerprint density at radius 2 is 1.80 bits per heavy atom. The van der Waals surface area contributed by atoms with Gasteiger partial charge < -0.3 is 20.1 Å². The number of benzene rings is 3. The summed E-state index contributed by atoms with van der Waals surface area (Å²) in [6.07, 6.45) is 3.81. The quantitative estimate of drug-likeness (QED) is 0.137. The third-order valence-corrected chi connectivity index (χ3v) is 7.60. The number of carbonyl (C=O) groups excluding carboxylic acids is 1. The third kappa shape index (κ3) is 5.24. The average molecular weight is 563 g/mol. The first kappa shape index (κ1) is 26.1. The molecule has 6 rings (SSSR count). The summed E-state index contributed by atoms with van der Waals surface area (Å²) in [4.78, 5) is 30.8. The van der Waals surface area contributed by atoms with E-state index in [1.54, 1.807) is 18.3 Å². The normalized spacial score (nSPS) is 16.5. The van der Waals surface area contributed by atoms with Gasteiger partial charge in [-0.3, -0.25) is 19.9 Å². The maximum atomic E-state index is 13.2. The third-order valence-electron chi connectivity index (χ3n) is 7.24. The van der Waals surface area contributed by atoms with Crippen LogP contribution in [0.1, 0.15) is 29.9 Å². The molecule has 0 saturated carbocycles. The van der Waals surface area contributed by atoms with E-state index in [0.29, 0.717) is 17.3 Å². The summed E-state index contributed by atoms with van der Waals surface area (Å²) in [5.41, 5.74) is 3.09. The number of fused-ring (bicyclic) bond motifs is 1. The van der Waals surface area contributed by atoms with E-state index in [4.69, 9.17) is 12.2 Å². The Balaban J connectivity index is 1.30. The first-order chi connectivity index (χ1) is 20.0. The lowest BCUT2D eigenvalue weighted by Crippen LogP contribution is -2.33. The van der Waals surface area contributed by atoms with Crippen LogP contribution in [0.4, 0.5) is 11.4 Å². The molecule has 1 amide bonds. The standard InChI is InChI=1S/C31H26N6O3S/c38-28(33-25-14-5-9-21-8-1-2-12-24(21)25)16-19-36-30(29(34-31(36)41)26-13-3-4-17-32-26)27-15-7-18-35(27)22-10-6-11-23(20-22)37(39)40/h1-15,17-18,20,29-30H,16,19H2,(H,33,38)(H,34,41). The molecular formula is C31H26N6O3S. The van der Waals surface area contributed by atoms with Crippen molar-refractivity contribution < 1.29 is 9.72 Å². The number of rotatable bonds is 8. The second-order valence-corrected chi connectivity index (χ2v) is 10.1. The van der Waals surface area contributed by atoms with Crippen molar-refractivity contribution in [2.75, 3.05) is 11.9 Å². The van der Waals surface area contributed by atoms with Crippen LogP contribution in [-0.4, -0.2) is 36.9 Å². The van der Waals surface area contributed by atoms with Crippen LogP contribution in [0.2, 0.25) is 0 Å². The number of thiocarbonyl (C=S) groups is 1. The van der Waals surface area contributed by atoms with Crippen molar-refractivity contribution in [1.29, 1.82) is 0 Å². The summed E-state index contributed by atoms with van der Waals surface area (Å²) in [7, 11) is 0. The van der Waals surface area contributed by atoms with E-state index in [1.165, 1.54) is 6.07 Å². The number of nitro groups is 1. The number of carbonyl (C=O) groups is 1. The van der Waals surface area contributed by atoms with Gasteiger partial charge in [0.1, 0.15) is 0 Å². The molecule has 3 aromatic carbocycles. The Bertz CT molecular complexity index is 1750. The molecule has 41 heavy (non-hydrogen) atoms. The van der Waals surface area contributed by atoms with Crippen molar-refractivity contribution in [2.45, 2.75) is 18.5 Å². The highest BCUT2D eigenvalue weighted by atomic mass is 32.1. The largest absolute Gasteiger partial charge is 0.352 e. The molecule has 3 heterocycles. The minimum absolute atomic E-state index is 0.00505. The molecule has 0 radical (unpaired) electrons. The van der Waals surface area contributed by atoms with Gasteiger partial charge >= 0.3 is 0 Å². The van der Waals surface area contributed by atoms with Crippen molar-refractivity contribution in [3.63, 3.8) is 0 Å². The summed E-state index contributed by atoms with van der Waals surface area (Å²) < 4.78 is 1.92. The molecule has 2 unspecified atom stereocenters. The Hall–Kier alpha value is -5.09. The minimum Gasteiger partial charge on any atom is -0.352 e. The van der Waals surface area contributed by atoms with Gasteiger partial charge in [0.2, 0.25) is 5.91 Å². The van der Waals surface area contributed by atoms with E-state index >= 15 is 0 Å². The number of nitrogens with one attached hydrogen (secondary N) is 2. The number of hydrogen-bond acceptors (Lipinski definition) is 5.